The van der Waals surface area contributed by atoms with E-state index in [1.807, 2.05) is 37.3 Å². The number of halogens is 1. The maximum absolute atomic E-state index is 13.3. The fourth-order valence-electron chi connectivity index (χ4n) is 4.42. The van der Waals surface area contributed by atoms with Crippen LogP contribution in [0.1, 0.15) is 13.3 Å². The van der Waals surface area contributed by atoms with E-state index in [-0.39, 0.29) is 11.9 Å². The van der Waals surface area contributed by atoms with Crippen molar-refractivity contribution in [3.05, 3.63) is 53.0 Å². The van der Waals surface area contributed by atoms with Gasteiger partial charge < -0.3 is 14.7 Å². The third-order valence-electron chi connectivity index (χ3n) is 5.35. The van der Waals surface area contributed by atoms with Crippen LogP contribution in [0, 0.1) is 11.8 Å². The molecular weight excluding hydrogens is 386 g/mol. The van der Waals surface area contributed by atoms with Gasteiger partial charge in [0.05, 0.1) is 18.1 Å². The molecule has 0 aliphatic carbocycles. The molecule has 5 atom stereocenters. The molecule has 1 spiro atoms. The summed E-state index contributed by atoms with van der Waals surface area (Å²) in [6.07, 6.45) is 3.71. The molecule has 6 heteroatoms. The molecule has 0 radical (unpaired) electrons. The van der Waals surface area contributed by atoms with E-state index >= 15 is 0 Å². The number of fused-ring (bicyclic) bond motifs is 1. The molecule has 1 aromatic carbocycles. The van der Waals surface area contributed by atoms with E-state index < -0.39 is 29.5 Å². The average molecular weight is 404 g/mol. The minimum Gasteiger partial charge on any atom is -0.481 e. The molecule has 3 aliphatic heterocycles. The zero-order chi connectivity index (χ0) is 17.9. The summed E-state index contributed by atoms with van der Waals surface area (Å²) in [4.78, 5) is 26.8. The Labute approximate surface area is 154 Å². The van der Waals surface area contributed by atoms with Gasteiger partial charge in [-0.1, -0.05) is 33.7 Å². The van der Waals surface area contributed by atoms with Crippen LogP contribution in [0.15, 0.2) is 53.0 Å². The van der Waals surface area contributed by atoms with E-state index in [0.29, 0.717) is 6.42 Å². The van der Waals surface area contributed by atoms with Gasteiger partial charge in [-0.2, -0.15) is 0 Å². The van der Waals surface area contributed by atoms with Crippen LogP contribution in [0.4, 0.5) is 5.69 Å². The number of carboxylic acids is 1. The quantitative estimate of drug-likeness (QED) is 0.784. The first-order chi connectivity index (χ1) is 11.8. The standard InChI is InChI=1S/C19H18BrNO4/c1-10(2)9-14-19-8-7-13(25-19)15(18(23)24)16(19)17(22)21(14)12-5-3-11(20)4-6-12/h3-8,13-16H,1,9H2,2H3,(H,23,24)/t13-,14+,15+,16-,19-/m1/s1. The van der Waals surface area contributed by atoms with Gasteiger partial charge in [-0.3, -0.25) is 9.59 Å². The monoisotopic (exact) mass is 403 g/mol. The third kappa shape index (κ3) is 2.24. The maximum Gasteiger partial charge on any atom is 0.310 e. The lowest BCUT2D eigenvalue weighted by Gasteiger charge is -2.33. The van der Waals surface area contributed by atoms with Crippen LogP contribution in [0.3, 0.4) is 0 Å². The fourth-order valence-corrected chi connectivity index (χ4v) is 4.69. The molecule has 2 saturated heterocycles. The number of ether oxygens (including phenoxy) is 1. The summed E-state index contributed by atoms with van der Waals surface area (Å²) in [6.45, 7) is 5.90. The second-order valence-electron chi connectivity index (χ2n) is 7.00. The Hall–Kier alpha value is -1.92. The molecule has 4 rings (SSSR count). The van der Waals surface area contributed by atoms with Crippen molar-refractivity contribution in [3.63, 3.8) is 0 Å². The highest BCUT2D eigenvalue weighted by atomic mass is 79.9. The van der Waals surface area contributed by atoms with Crippen LogP contribution >= 0.6 is 15.9 Å². The van der Waals surface area contributed by atoms with Crippen LogP contribution in [-0.4, -0.2) is 34.7 Å². The molecule has 1 aromatic rings. The zero-order valence-electron chi connectivity index (χ0n) is 13.7. The normalized spacial score (nSPS) is 35.3. The Morgan fingerprint density at radius 2 is 2.08 bits per heavy atom. The van der Waals surface area contributed by atoms with Crippen LogP contribution in [0.2, 0.25) is 0 Å². The molecule has 130 valence electrons. The number of carbonyl (C=O) groups excluding carboxylic acids is 1. The molecule has 3 heterocycles. The zero-order valence-corrected chi connectivity index (χ0v) is 15.3. The molecule has 0 aromatic heterocycles. The van der Waals surface area contributed by atoms with E-state index in [0.717, 1.165) is 15.7 Å². The van der Waals surface area contributed by atoms with E-state index in [2.05, 4.69) is 22.5 Å². The van der Waals surface area contributed by atoms with Gasteiger partial charge >= 0.3 is 5.97 Å². The molecule has 25 heavy (non-hydrogen) atoms. The van der Waals surface area contributed by atoms with Crippen molar-refractivity contribution in [1.29, 1.82) is 0 Å². The van der Waals surface area contributed by atoms with Crippen LogP contribution in [0.25, 0.3) is 0 Å². The molecule has 5 nitrogen and oxygen atoms in total. The summed E-state index contributed by atoms with van der Waals surface area (Å²) in [5.74, 6) is -2.72. The predicted molar refractivity (Wildman–Crippen MR) is 96.2 cm³/mol. The van der Waals surface area contributed by atoms with Gasteiger partial charge in [-0.15, -0.1) is 6.58 Å². The summed E-state index contributed by atoms with van der Waals surface area (Å²) < 4.78 is 7.03. The van der Waals surface area contributed by atoms with Gasteiger partial charge in [0.15, 0.2) is 0 Å². The number of carboxylic acid groups (broad SMARTS) is 1. The first-order valence-electron chi connectivity index (χ1n) is 8.18. The summed E-state index contributed by atoms with van der Waals surface area (Å²) in [5.41, 5.74) is 0.776. The number of nitrogens with zero attached hydrogens (tertiary/aromatic N) is 1. The van der Waals surface area contributed by atoms with E-state index in [4.69, 9.17) is 4.74 Å². The maximum atomic E-state index is 13.3. The summed E-state index contributed by atoms with van der Waals surface area (Å²) in [7, 11) is 0. The minimum absolute atomic E-state index is 0.187. The van der Waals surface area contributed by atoms with Crippen molar-refractivity contribution in [1.82, 2.24) is 0 Å². The summed E-state index contributed by atoms with van der Waals surface area (Å²) in [6, 6.07) is 7.16. The minimum atomic E-state index is -0.985. The smallest absolute Gasteiger partial charge is 0.310 e. The first-order valence-corrected chi connectivity index (χ1v) is 8.97. The Morgan fingerprint density at radius 1 is 1.40 bits per heavy atom. The Kier molecular flexibility index (Phi) is 3.67. The molecule has 2 fully saturated rings. The second-order valence-corrected chi connectivity index (χ2v) is 7.91. The van der Waals surface area contributed by atoms with Gasteiger partial charge in [0.1, 0.15) is 11.5 Å². The number of hydrogen-bond donors (Lipinski definition) is 1. The lowest BCUT2D eigenvalue weighted by molar-refractivity contribution is -0.146. The van der Waals surface area contributed by atoms with Crippen LogP contribution < -0.4 is 4.90 Å². The average Bonchev–Trinajstić information content (AvgIpc) is 3.18. The van der Waals surface area contributed by atoms with Gasteiger partial charge in [0.2, 0.25) is 5.91 Å². The van der Waals surface area contributed by atoms with Gasteiger partial charge in [-0.05, 0) is 37.6 Å². The molecule has 1 amide bonds. The third-order valence-corrected chi connectivity index (χ3v) is 5.88. The highest BCUT2D eigenvalue weighted by molar-refractivity contribution is 9.10. The molecular formula is C19H18BrNO4. The van der Waals surface area contributed by atoms with Crippen molar-refractivity contribution in [2.24, 2.45) is 11.8 Å². The van der Waals surface area contributed by atoms with Crippen molar-refractivity contribution in [2.75, 3.05) is 4.90 Å². The van der Waals surface area contributed by atoms with E-state index in [9.17, 15) is 14.7 Å². The topological polar surface area (TPSA) is 66.8 Å². The molecule has 3 aliphatic rings. The Balaban J connectivity index is 1.84. The van der Waals surface area contributed by atoms with Gasteiger partial charge in [-0.25, -0.2) is 0 Å². The second kappa shape index (κ2) is 5.54. The lowest BCUT2D eigenvalue weighted by atomic mass is 9.74. The van der Waals surface area contributed by atoms with E-state index in [1.165, 1.54) is 0 Å². The van der Waals surface area contributed by atoms with Crippen molar-refractivity contribution in [3.8, 4) is 0 Å². The Morgan fingerprint density at radius 3 is 2.68 bits per heavy atom. The lowest BCUT2D eigenvalue weighted by Crippen LogP contribution is -2.45. The number of aliphatic carboxylic acids is 1. The van der Waals surface area contributed by atoms with Crippen LogP contribution in [0.5, 0.6) is 0 Å². The van der Waals surface area contributed by atoms with Crippen molar-refractivity contribution < 1.29 is 19.4 Å². The first kappa shape index (κ1) is 16.5. The number of benzene rings is 1. The summed E-state index contributed by atoms with van der Waals surface area (Å²) >= 11 is 3.40. The van der Waals surface area contributed by atoms with Gasteiger partial charge in [0.25, 0.3) is 0 Å². The number of amides is 1. The summed E-state index contributed by atoms with van der Waals surface area (Å²) in [5, 5.41) is 9.65. The molecule has 0 unspecified atom stereocenters. The van der Waals surface area contributed by atoms with Gasteiger partial charge in [0, 0.05) is 10.2 Å². The number of anilines is 1. The molecule has 1 N–H and O–H groups in total. The molecule has 0 saturated carbocycles. The predicted octanol–water partition coefficient (Wildman–Crippen LogP) is 3.15. The number of carbonyl (C=O) groups is 2. The number of hydrogen-bond acceptors (Lipinski definition) is 3. The largest absolute Gasteiger partial charge is 0.481 e. The van der Waals surface area contributed by atoms with Crippen LogP contribution in [-0.2, 0) is 14.3 Å². The highest BCUT2D eigenvalue weighted by Gasteiger charge is 2.71. The van der Waals surface area contributed by atoms with Crippen molar-refractivity contribution >= 4 is 33.5 Å². The fraction of sp³-hybridized carbons (Fsp3) is 0.368. The molecule has 2 bridgehead atoms. The Bertz CT molecular complexity index is 802. The highest BCUT2D eigenvalue weighted by Crippen LogP contribution is 2.56. The SMILES string of the molecule is C=C(C)C[C@@H]1N(c2ccc(Br)cc2)C(=O)[C@H]2[C@@H](C(=O)O)[C@H]3C=C[C@@]12O3. The van der Waals surface area contributed by atoms with E-state index in [1.54, 1.807) is 11.0 Å². The van der Waals surface area contributed by atoms with Crippen molar-refractivity contribution in [2.45, 2.75) is 31.1 Å². The number of rotatable bonds is 4.